The van der Waals surface area contributed by atoms with Crippen molar-refractivity contribution in [3.05, 3.63) is 0 Å². The smallest absolute Gasteiger partial charge is 0.0702 e. The average Bonchev–Trinajstić information content (AvgIpc) is 2.51. The van der Waals surface area contributed by atoms with Crippen LogP contribution in [0.4, 0.5) is 0 Å². The zero-order valence-corrected chi connectivity index (χ0v) is 14.2. The molecule has 2 saturated heterocycles. The molecule has 3 nitrogen and oxygen atoms in total. The number of nitrogens with one attached hydrogen (secondary N) is 1. The molecule has 0 bridgehead atoms. The van der Waals surface area contributed by atoms with Gasteiger partial charge in [0.1, 0.15) is 0 Å². The van der Waals surface area contributed by atoms with Crippen LogP contribution in [0, 0.1) is 5.92 Å². The molecule has 0 aromatic carbocycles. The molecule has 21 heavy (non-hydrogen) atoms. The van der Waals surface area contributed by atoms with E-state index in [1.54, 1.807) is 0 Å². The van der Waals surface area contributed by atoms with E-state index in [1.165, 1.54) is 24.3 Å². The molecule has 122 valence electrons. The highest BCUT2D eigenvalue weighted by atomic mass is 32.2. The second kappa shape index (κ2) is 6.77. The topological polar surface area (TPSA) is 41.5 Å². The maximum absolute atomic E-state index is 11.2. The van der Waals surface area contributed by atoms with Crippen LogP contribution in [0.25, 0.3) is 0 Å². The van der Waals surface area contributed by atoms with Crippen molar-refractivity contribution < 1.29 is 9.84 Å². The van der Waals surface area contributed by atoms with E-state index in [9.17, 15) is 5.11 Å². The van der Waals surface area contributed by atoms with Crippen LogP contribution < -0.4 is 5.32 Å². The van der Waals surface area contributed by atoms with Gasteiger partial charge in [0.25, 0.3) is 0 Å². The fourth-order valence-electron chi connectivity index (χ4n) is 4.60. The molecular weight excluding hydrogens is 282 g/mol. The minimum Gasteiger partial charge on any atom is -0.390 e. The summed E-state index contributed by atoms with van der Waals surface area (Å²) in [7, 11) is 0. The number of rotatable bonds is 3. The van der Waals surface area contributed by atoms with Gasteiger partial charge in [0.2, 0.25) is 0 Å². The van der Waals surface area contributed by atoms with Crippen LogP contribution in [0.2, 0.25) is 0 Å². The summed E-state index contributed by atoms with van der Waals surface area (Å²) in [5, 5.41) is 14.8. The summed E-state index contributed by atoms with van der Waals surface area (Å²) in [5.74, 6) is 2.92. The van der Waals surface area contributed by atoms with Gasteiger partial charge in [-0.15, -0.1) is 0 Å². The van der Waals surface area contributed by atoms with Gasteiger partial charge in [-0.1, -0.05) is 6.92 Å². The second-order valence-electron chi connectivity index (χ2n) is 7.27. The van der Waals surface area contributed by atoms with E-state index in [0.29, 0.717) is 12.0 Å². The third-order valence-corrected chi connectivity index (χ3v) is 6.99. The molecule has 0 radical (unpaired) electrons. The molecule has 2 aliphatic heterocycles. The molecule has 2 heterocycles. The minimum atomic E-state index is -0.423. The first-order valence-corrected chi connectivity index (χ1v) is 9.99. The van der Waals surface area contributed by atoms with Gasteiger partial charge in [-0.25, -0.2) is 0 Å². The Bertz CT molecular complexity index is 330. The van der Waals surface area contributed by atoms with Gasteiger partial charge in [-0.3, -0.25) is 0 Å². The van der Waals surface area contributed by atoms with Crippen LogP contribution in [-0.2, 0) is 4.74 Å². The van der Waals surface area contributed by atoms with Gasteiger partial charge < -0.3 is 15.2 Å². The molecule has 1 saturated carbocycles. The first kappa shape index (κ1) is 16.1. The van der Waals surface area contributed by atoms with E-state index >= 15 is 0 Å². The summed E-state index contributed by atoms with van der Waals surface area (Å²) >= 11 is 2.05. The zero-order valence-electron chi connectivity index (χ0n) is 13.4. The summed E-state index contributed by atoms with van der Waals surface area (Å²) in [6.45, 7) is 4.07. The second-order valence-corrected chi connectivity index (χ2v) is 8.49. The molecule has 4 heteroatoms. The Hall–Kier alpha value is 0.230. The number of hydrogen-bond acceptors (Lipinski definition) is 4. The predicted octanol–water partition coefficient (Wildman–Crippen LogP) is 2.96. The average molecular weight is 314 g/mol. The summed E-state index contributed by atoms with van der Waals surface area (Å²) in [6, 6.07) is 0.621. The third-order valence-electron chi connectivity index (χ3n) is 6.00. The molecule has 3 aliphatic rings. The monoisotopic (exact) mass is 313 g/mol. The molecule has 0 aromatic heterocycles. The van der Waals surface area contributed by atoms with Gasteiger partial charge in [0.05, 0.1) is 11.2 Å². The maximum Gasteiger partial charge on any atom is 0.0702 e. The normalized spacial score (nSPS) is 40.3. The molecule has 3 fully saturated rings. The molecule has 1 unspecified atom stereocenters. The maximum atomic E-state index is 11.2. The molecule has 0 aromatic rings. The zero-order chi connectivity index (χ0) is 14.8. The number of aliphatic hydroxyl groups is 1. The van der Waals surface area contributed by atoms with Crippen LogP contribution in [0.15, 0.2) is 0 Å². The van der Waals surface area contributed by atoms with Crippen molar-refractivity contribution in [1.82, 2.24) is 5.32 Å². The van der Waals surface area contributed by atoms with E-state index in [2.05, 4.69) is 24.0 Å². The lowest BCUT2D eigenvalue weighted by molar-refractivity contribution is -0.155. The van der Waals surface area contributed by atoms with Crippen molar-refractivity contribution >= 4 is 11.8 Å². The summed E-state index contributed by atoms with van der Waals surface area (Å²) < 4.78 is 6.20. The molecular formula is C17H31NO2S. The van der Waals surface area contributed by atoms with Crippen LogP contribution in [-0.4, -0.2) is 47.0 Å². The Balaban J connectivity index is 1.60. The minimum absolute atomic E-state index is 0.0996. The number of ether oxygens (including phenoxy) is 1. The lowest BCUT2D eigenvalue weighted by atomic mass is 9.67. The number of hydrogen-bond donors (Lipinski definition) is 2. The Morgan fingerprint density at radius 3 is 2.52 bits per heavy atom. The van der Waals surface area contributed by atoms with Crippen LogP contribution in [0.1, 0.15) is 58.3 Å². The molecule has 1 aliphatic carbocycles. The highest BCUT2D eigenvalue weighted by Crippen LogP contribution is 2.46. The van der Waals surface area contributed by atoms with Gasteiger partial charge in [-0.2, -0.15) is 11.8 Å². The van der Waals surface area contributed by atoms with Crippen molar-refractivity contribution in [2.45, 2.75) is 75.5 Å². The lowest BCUT2D eigenvalue weighted by Crippen LogP contribution is -2.52. The largest absolute Gasteiger partial charge is 0.390 e. The highest BCUT2D eigenvalue weighted by Gasteiger charge is 2.47. The fraction of sp³-hybridized carbons (Fsp3) is 1.00. The summed E-state index contributed by atoms with van der Waals surface area (Å²) in [4.78, 5) is 0. The SMILES string of the molecule is CCNC1CCC(O)(C2CCOC3(CCSCC3)C2)CC1. The van der Waals surface area contributed by atoms with Crippen molar-refractivity contribution in [1.29, 1.82) is 0 Å². The van der Waals surface area contributed by atoms with E-state index in [4.69, 9.17) is 4.74 Å². The van der Waals surface area contributed by atoms with Crippen molar-refractivity contribution in [3.8, 4) is 0 Å². The van der Waals surface area contributed by atoms with E-state index in [-0.39, 0.29) is 5.60 Å². The van der Waals surface area contributed by atoms with Gasteiger partial charge >= 0.3 is 0 Å². The molecule has 3 rings (SSSR count). The van der Waals surface area contributed by atoms with Crippen molar-refractivity contribution in [3.63, 3.8) is 0 Å². The van der Waals surface area contributed by atoms with Crippen LogP contribution in [0.5, 0.6) is 0 Å². The fourth-order valence-corrected chi connectivity index (χ4v) is 5.83. The number of thioether (sulfide) groups is 1. The molecule has 0 amide bonds. The molecule has 2 N–H and O–H groups in total. The van der Waals surface area contributed by atoms with Crippen LogP contribution >= 0.6 is 11.8 Å². The quantitative estimate of drug-likeness (QED) is 0.840. The van der Waals surface area contributed by atoms with E-state index < -0.39 is 5.60 Å². The van der Waals surface area contributed by atoms with Gasteiger partial charge in [0.15, 0.2) is 0 Å². The highest BCUT2D eigenvalue weighted by molar-refractivity contribution is 7.99. The Kier molecular flexibility index (Phi) is 5.19. The predicted molar refractivity (Wildman–Crippen MR) is 88.8 cm³/mol. The van der Waals surface area contributed by atoms with E-state index in [1.807, 2.05) is 0 Å². The first-order valence-electron chi connectivity index (χ1n) is 8.83. The summed E-state index contributed by atoms with van der Waals surface area (Å²) in [6.07, 6.45) is 8.72. The van der Waals surface area contributed by atoms with Gasteiger partial charge in [0, 0.05) is 12.6 Å². The van der Waals surface area contributed by atoms with Crippen molar-refractivity contribution in [2.75, 3.05) is 24.7 Å². The molecule has 1 spiro atoms. The Labute approximate surface area is 133 Å². The lowest BCUT2D eigenvalue weighted by Gasteiger charge is -2.50. The van der Waals surface area contributed by atoms with Crippen molar-refractivity contribution in [2.24, 2.45) is 5.92 Å². The standard InChI is InChI=1S/C17H31NO2S/c1-2-18-15-3-6-17(19,7-4-15)14-5-10-20-16(13-14)8-11-21-12-9-16/h14-15,18-19H,2-13H2,1H3. The molecule has 1 atom stereocenters. The van der Waals surface area contributed by atoms with E-state index in [0.717, 1.165) is 51.7 Å². The first-order chi connectivity index (χ1) is 10.2. The third kappa shape index (κ3) is 3.60. The Morgan fingerprint density at radius 1 is 1.14 bits per heavy atom. The Morgan fingerprint density at radius 2 is 1.86 bits per heavy atom. The summed E-state index contributed by atoms with van der Waals surface area (Å²) in [5.41, 5.74) is -0.324. The van der Waals surface area contributed by atoms with Crippen LogP contribution in [0.3, 0.4) is 0 Å². The van der Waals surface area contributed by atoms with Gasteiger partial charge in [-0.05, 0) is 75.3 Å².